The minimum atomic E-state index is -0.595. The Labute approximate surface area is 145 Å². The number of aromatic nitrogens is 3. The van der Waals surface area contributed by atoms with Crippen LogP contribution in [0.3, 0.4) is 0 Å². The number of pyridine rings is 1. The van der Waals surface area contributed by atoms with E-state index in [1.807, 2.05) is 13.8 Å². The molecule has 8 heteroatoms. The predicted molar refractivity (Wildman–Crippen MR) is 95.1 cm³/mol. The van der Waals surface area contributed by atoms with Crippen molar-refractivity contribution in [2.75, 3.05) is 37.7 Å². The second kappa shape index (κ2) is 7.60. The van der Waals surface area contributed by atoms with Gasteiger partial charge in [-0.15, -0.1) is 0 Å². The molecule has 1 aliphatic rings. The Balaban J connectivity index is 2.05. The van der Waals surface area contributed by atoms with Crippen LogP contribution in [0, 0.1) is 0 Å². The third-order valence-corrected chi connectivity index (χ3v) is 4.20. The second-order valence-corrected chi connectivity index (χ2v) is 5.94. The molecule has 0 spiro atoms. The summed E-state index contributed by atoms with van der Waals surface area (Å²) in [7, 11) is 0. The first-order chi connectivity index (χ1) is 12.2. The molecule has 1 saturated heterocycles. The molecule has 0 radical (unpaired) electrons. The smallest absolute Gasteiger partial charge is 0.343 e. The van der Waals surface area contributed by atoms with Crippen LogP contribution in [-0.4, -0.2) is 53.3 Å². The van der Waals surface area contributed by atoms with Crippen molar-refractivity contribution in [3.8, 4) is 0 Å². The van der Waals surface area contributed by atoms with Gasteiger partial charge in [0.1, 0.15) is 11.2 Å². The number of hydrogen-bond donors (Lipinski definition) is 1. The highest BCUT2D eigenvalue weighted by atomic mass is 16.5. The largest absolute Gasteiger partial charge is 0.462 e. The molecule has 1 fully saturated rings. The molecule has 2 aromatic rings. The monoisotopic (exact) mass is 345 g/mol. The van der Waals surface area contributed by atoms with Gasteiger partial charge in [-0.3, -0.25) is 4.79 Å². The molecule has 3 heterocycles. The summed E-state index contributed by atoms with van der Waals surface area (Å²) < 4.78 is 6.92. The minimum absolute atomic E-state index is 0.0290. The summed E-state index contributed by atoms with van der Waals surface area (Å²) in [6, 6.07) is 0. The molecule has 3 rings (SSSR count). The van der Waals surface area contributed by atoms with Gasteiger partial charge in [-0.25, -0.2) is 9.78 Å². The Morgan fingerprint density at radius 3 is 2.76 bits per heavy atom. The first-order valence-corrected chi connectivity index (χ1v) is 8.68. The Kier molecular flexibility index (Phi) is 5.28. The molecule has 1 aliphatic heterocycles. The molecule has 0 saturated carbocycles. The lowest BCUT2D eigenvalue weighted by Crippen LogP contribution is -2.44. The number of fused-ring (bicyclic) bond motifs is 1. The number of nitrogens with one attached hydrogen (secondary N) is 1. The van der Waals surface area contributed by atoms with Crippen molar-refractivity contribution < 1.29 is 9.53 Å². The maximum Gasteiger partial charge on any atom is 0.343 e. The van der Waals surface area contributed by atoms with Gasteiger partial charge < -0.3 is 19.5 Å². The summed E-state index contributed by atoms with van der Waals surface area (Å²) in [4.78, 5) is 35.9. The van der Waals surface area contributed by atoms with Crippen molar-refractivity contribution in [2.24, 2.45) is 0 Å². The lowest BCUT2D eigenvalue weighted by molar-refractivity contribution is 0.0503. The summed E-state index contributed by atoms with van der Waals surface area (Å²) in [5, 5.41) is 3.63. The second-order valence-electron chi connectivity index (χ2n) is 5.94. The fourth-order valence-electron chi connectivity index (χ4n) is 2.84. The Morgan fingerprint density at radius 2 is 2.08 bits per heavy atom. The average Bonchev–Trinajstić information content (AvgIpc) is 2.67. The molecular formula is C17H23N5O3. The number of aryl methyl sites for hydroxylation is 1. The van der Waals surface area contributed by atoms with Crippen LogP contribution >= 0.6 is 0 Å². The third kappa shape index (κ3) is 3.48. The van der Waals surface area contributed by atoms with Gasteiger partial charge in [-0.05, 0) is 13.3 Å². The van der Waals surface area contributed by atoms with Crippen molar-refractivity contribution in [3.05, 3.63) is 28.2 Å². The van der Waals surface area contributed by atoms with Crippen molar-refractivity contribution >= 4 is 23.0 Å². The van der Waals surface area contributed by atoms with Gasteiger partial charge in [0.2, 0.25) is 11.4 Å². The fourth-order valence-corrected chi connectivity index (χ4v) is 2.84. The van der Waals surface area contributed by atoms with Crippen LogP contribution in [0.1, 0.15) is 30.6 Å². The predicted octanol–water partition coefficient (Wildman–Crippen LogP) is 0.788. The SMILES string of the molecule is CCCOC(=O)c1cn(CC)c2nc(N3CCNCC3)ncc2c1=O. The number of anilines is 1. The van der Waals surface area contributed by atoms with E-state index >= 15 is 0 Å². The number of nitrogens with zero attached hydrogens (tertiary/aromatic N) is 4. The van der Waals surface area contributed by atoms with E-state index < -0.39 is 5.97 Å². The van der Waals surface area contributed by atoms with Crippen LogP contribution in [0.4, 0.5) is 5.95 Å². The molecule has 1 N–H and O–H groups in total. The number of hydrogen-bond acceptors (Lipinski definition) is 7. The molecular weight excluding hydrogens is 322 g/mol. The van der Waals surface area contributed by atoms with Crippen LogP contribution in [0.15, 0.2) is 17.2 Å². The number of carbonyl (C=O) groups is 1. The van der Waals surface area contributed by atoms with Gasteiger partial charge in [0.05, 0.1) is 12.0 Å². The Bertz CT molecular complexity index is 827. The molecule has 134 valence electrons. The van der Waals surface area contributed by atoms with E-state index in [0.717, 1.165) is 26.2 Å². The lowest BCUT2D eigenvalue weighted by Gasteiger charge is -2.27. The first-order valence-electron chi connectivity index (χ1n) is 8.68. The molecule has 0 atom stereocenters. The van der Waals surface area contributed by atoms with Crippen LogP contribution < -0.4 is 15.6 Å². The van der Waals surface area contributed by atoms with Crippen molar-refractivity contribution in [1.29, 1.82) is 0 Å². The van der Waals surface area contributed by atoms with Crippen LogP contribution in [0.25, 0.3) is 11.0 Å². The zero-order valence-corrected chi connectivity index (χ0v) is 14.6. The van der Waals surface area contributed by atoms with Gasteiger partial charge in [0.25, 0.3) is 0 Å². The van der Waals surface area contributed by atoms with Crippen LogP contribution in [-0.2, 0) is 11.3 Å². The zero-order valence-electron chi connectivity index (χ0n) is 14.6. The molecule has 0 aliphatic carbocycles. The minimum Gasteiger partial charge on any atom is -0.462 e. The summed E-state index contributed by atoms with van der Waals surface area (Å²) in [6.07, 6.45) is 3.76. The molecule has 25 heavy (non-hydrogen) atoms. The lowest BCUT2D eigenvalue weighted by atomic mass is 10.2. The van der Waals surface area contributed by atoms with Gasteiger partial charge in [0, 0.05) is 45.1 Å². The van der Waals surface area contributed by atoms with E-state index in [1.54, 1.807) is 4.57 Å². The van der Waals surface area contributed by atoms with Gasteiger partial charge in [-0.2, -0.15) is 4.98 Å². The van der Waals surface area contributed by atoms with E-state index in [2.05, 4.69) is 20.2 Å². The number of ether oxygens (including phenoxy) is 1. The van der Waals surface area contributed by atoms with E-state index in [-0.39, 0.29) is 11.0 Å². The van der Waals surface area contributed by atoms with Gasteiger partial charge in [-0.1, -0.05) is 6.92 Å². The van der Waals surface area contributed by atoms with Crippen LogP contribution in [0.2, 0.25) is 0 Å². The number of carbonyl (C=O) groups excluding carboxylic acids is 1. The van der Waals surface area contributed by atoms with Crippen molar-refractivity contribution in [2.45, 2.75) is 26.8 Å². The van der Waals surface area contributed by atoms with E-state index in [9.17, 15) is 9.59 Å². The maximum atomic E-state index is 12.7. The molecule has 0 aromatic carbocycles. The highest BCUT2D eigenvalue weighted by molar-refractivity contribution is 5.93. The summed E-state index contributed by atoms with van der Waals surface area (Å²) in [5.74, 6) is 0.0130. The highest BCUT2D eigenvalue weighted by Crippen LogP contribution is 2.15. The Hall–Kier alpha value is -2.48. The normalized spacial score (nSPS) is 14.7. The number of rotatable bonds is 5. The molecule has 8 nitrogen and oxygen atoms in total. The molecule has 0 bridgehead atoms. The van der Waals surface area contributed by atoms with Crippen molar-refractivity contribution in [1.82, 2.24) is 19.9 Å². The molecule has 0 unspecified atom stereocenters. The van der Waals surface area contributed by atoms with Gasteiger partial charge >= 0.3 is 5.97 Å². The summed E-state index contributed by atoms with van der Waals surface area (Å²) in [6.45, 7) is 8.13. The van der Waals surface area contributed by atoms with Crippen molar-refractivity contribution in [3.63, 3.8) is 0 Å². The quantitative estimate of drug-likeness (QED) is 0.801. The average molecular weight is 345 g/mol. The van der Waals surface area contributed by atoms with E-state index in [4.69, 9.17) is 4.74 Å². The first kappa shape index (κ1) is 17.3. The summed E-state index contributed by atoms with van der Waals surface area (Å²) in [5.41, 5.74) is 0.192. The highest BCUT2D eigenvalue weighted by Gasteiger charge is 2.19. The summed E-state index contributed by atoms with van der Waals surface area (Å²) >= 11 is 0. The third-order valence-electron chi connectivity index (χ3n) is 4.20. The topological polar surface area (TPSA) is 89.3 Å². The van der Waals surface area contributed by atoms with Crippen LogP contribution in [0.5, 0.6) is 0 Å². The van der Waals surface area contributed by atoms with E-state index in [1.165, 1.54) is 12.4 Å². The Morgan fingerprint density at radius 1 is 1.32 bits per heavy atom. The fraction of sp³-hybridized carbons (Fsp3) is 0.529. The molecule has 2 aromatic heterocycles. The number of esters is 1. The number of piperazine rings is 1. The van der Waals surface area contributed by atoms with Gasteiger partial charge in [0.15, 0.2) is 0 Å². The van der Waals surface area contributed by atoms with E-state index in [0.29, 0.717) is 36.6 Å². The molecule has 0 amide bonds. The zero-order chi connectivity index (χ0) is 17.8. The maximum absolute atomic E-state index is 12.7. The standard InChI is InChI=1S/C17H23N5O3/c1-3-9-25-16(24)13-11-21(4-2)15-12(14(13)23)10-19-17(20-15)22-7-5-18-6-8-22/h10-11,18H,3-9H2,1-2H3.